The third-order valence-electron chi connectivity index (χ3n) is 2.93. The normalized spacial score (nSPS) is 11.7. The van der Waals surface area contributed by atoms with Crippen LogP contribution in [0.4, 0.5) is 4.79 Å². The molecule has 7 heteroatoms. The van der Waals surface area contributed by atoms with Crippen molar-refractivity contribution in [2.45, 2.75) is 33.3 Å². The third-order valence-corrected chi connectivity index (χ3v) is 2.93. The minimum absolute atomic E-state index is 0.0129. The maximum absolute atomic E-state index is 11.8. The van der Waals surface area contributed by atoms with Crippen LogP contribution in [-0.4, -0.2) is 30.6 Å². The van der Waals surface area contributed by atoms with Crippen molar-refractivity contribution in [3.05, 3.63) is 29.8 Å². The smallest absolute Gasteiger partial charge is 0.318 e. The topological polar surface area (TPSA) is 108 Å². The van der Waals surface area contributed by atoms with E-state index in [1.807, 2.05) is 30.4 Å². The van der Waals surface area contributed by atoms with Crippen molar-refractivity contribution in [1.29, 1.82) is 0 Å². The molecule has 1 aromatic carbocycles. The van der Waals surface area contributed by atoms with E-state index in [-0.39, 0.29) is 18.9 Å². The fraction of sp³-hybridized carbons (Fsp3) is 0.438. The Balaban J connectivity index is 2.46. The molecule has 0 aliphatic carbocycles. The Morgan fingerprint density at radius 2 is 1.96 bits per heavy atom. The molecule has 0 heterocycles. The van der Waals surface area contributed by atoms with Gasteiger partial charge in [0, 0.05) is 0 Å². The molecular weight excluding hydrogens is 300 g/mol. The number of imide groups is 1. The summed E-state index contributed by atoms with van der Waals surface area (Å²) in [4.78, 5) is 34.3. The van der Waals surface area contributed by atoms with Crippen LogP contribution in [0.15, 0.2) is 24.3 Å². The molecule has 1 atom stereocenters. The fourth-order valence-electron chi connectivity index (χ4n) is 1.84. The molecule has 0 aliphatic rings. The van der Waals surface area contributed by atoms with E-state index >= 15 is 0 Å². The lowest BCUT2D eigenvalue weighted by Gasteiger charge is -2.19. The summed E-state index contributed by atoms with van der Waals surface area (Å²) < 4.78 is 10.5. The lowest BCUT2D eigenvalue weighted by molar-refractivity contribution is -0.158. The number of nitrogens with two attached hydrogens (primary N) is 1. The van der Waals surface area contributed by atoms with Crippen molar-refractivity contribution < 1.29 is 23.9 Å². The van der Waals surface area contributed by atoms with Crippen LogP contribution in [0.25, 0.3) is 0 Å². The average molecular weight is 322 g/mol. The van der Waals surface area contributed by atoms with Crippen molar-refractivity contribution in [3.8, 4) is 5.75 Å². The molecule has 1 aromatic rings. The van der Waals surface area contributed by atoms with Gasteiger partial charge in [-0.3, -0.25) is 14.9 Å². The highest BCUT2D eigenvalue weighted by Crippen LogP contribution is 2.13. The molecule has 0 aromatic heterocycles. The van der Waals surface area contributed by atoms with Crippen LogP contribution in [-0.2, 0) is 14.3 Å². The van der Waals surface area contributed by atoms with Crippen LogP contribution in [0.5, 0.6) is 5.75 Å². The summed E-state index contributed by atoms with van der Waals surface area (Å²) in [7, 11) is 0. The molecule has 3 amide bonds. The third kappa shape index (κ3) is 6.82. The molecule has 0 unspecified atom stereocenters. The summed E-state index contributed by atoms with van der Waals surface area (Å²) in [5.41, 5.74) is 5.94. The number of hydrogen-bond acceptors (Lipinski definition) is 5. The van der Waals surface area contributed by atoms with Gasteiger partial charge < -0.3 is 15.2 Å². The first-order valence-electron chi connectivity index (χ1n) is 7.29. The Kier molecular flexibility index (Phi) is 7.05. The van der Waals surface area contributed by atoms with Crippen LogP contribution in [0.2, 0.25) is 0 Å². The number of amides is 3. The highest BCUT2D eigenvalue weighted by Gasteiger charge is 2.27. The Bertz CT molecular complexity index is 571. The molecule has 0 aliphatic heterocycles. The second-order valence-electron chi connectivity index (χ2n) is 5.42. The molecule has 126 valence electrons. The van der Waals surface area contributed by atoms with Crippen molar-refractivity contribution in [2.24, 2.45) is 11.7 Å². The maximum atomic E-state index is 11.8. The van der Waals surface area contributed by atoms with E-state index in [4.69, 9.17) is 15.2 Å². The summed E-state index contributed by atoms with van der Waals surface area (Å²) in [6.45, 7) is 5.46. The Morgan fingerprint density at radius 1 is 1.26 bits per heavy atom. The van der Waals surface area contributed by atoms with Gasteiger partial charge in [0.05, 0.1) is 13.0 Å². The van der Waals surface area contributed by atoms with Gasteiger partial charge in [-0.15, -0.1) is 0 Å². The minimum Gasteiger partial charge on any atom is -0.493 e. The molecule has 0 spiro atoms. The molecule has 7 nitrogen and oxygen atoms in total. The Labute approximate surface area is 135 Å². The number of aryl methyl sites for hydroxylation is 1. The molecule has 3 N–H and O–H groups in total. The van der Waals surface area contributed by atoms with E-state index in [0.29, 0.717) is 5.75 Å². The molecule has 0 bridgehead atoms. The number of carbonyl (C=O) groups excluding carboxylic acids is 3. The predicted molar refractivity (Wildman–Crippen MR) is 83.7 cm³/mol. The first kappa shape index (κ1) is 18.5. The van der Waals surface area contributed by atoms with Crippen LogP contribution >= 0.6 is 0 Å². The number of ether oxygens (including phenoxy) is 2. The quantitative estimate of drug-likeness (QED) is 0.740. The molecule has 0 saturated carbocycles. The second kappa shape index (κ2) is 8.77. The van der Waals surface area contributed by atoms with Crippen molar-refractivity contribution >= 4 is 17.9 Å². The molecular formula is C16H22N2O5. The first-order chi connectivity index (χ1) is 10.8. The van der Waals surface area contributed by atoms with Crippen molar-refractivity contribution in [2.75, 3.05) is 6.61 Å². The number of urea groups is 1. The van der Waals surface area contributed by atoms with Gasteiger partial charge in [-0.05, 0) is 30.5 Å². The van der Waals surface area contributed by atoms with E-state index in [9.17, 15) is 14.4 Å². The van der Waals surface area contributed by atoms with Gasteiger partial charge in [0.1, 0.15) is 5.75 Å². The maximum Gasteiger partial charge on any atom is 0.318 e. The zero-order valence-electron chi connectivity index (χ0n) is 13.5. The number of rotatable bonds is 7. The van der Waals surface area contributed by atoms with Crippen molar-refractivity contribution in [3.63, 3.8) is 0 Å². The number of esters is 1. The van der Waals surface area contributed by atoms with E-state index in [1.165, 1.54) is 0 Å². The highest BCUT2D eigenvalue weighted by molar-refractivity contribution is 5.96. The lowest BCUT2D eigenvalue weighted by Crippen LogP contribution is -2.45. The average Bonchev–Trinajstić information content (AvgIpc) is 2.43. The number of benzene rings is 1. The van der Waals surface area contributed by atoms with Crippen molar-refractivity contribution in [1.82, 2.24) is 5.32 Å². The van der Waals surface area contributed by atoms with Gasteiger partial charge in [-0.2, -0.15) is 0 Å². The van der Waals surface area contributed by atoms with E-state index in [0.717, 1.165) is 5.56 Å². The van der Waals surface area contributed by atoms with E-state index < -0.39 is 24.0 Å². The lowest BCUT2D eigenvalue weighted by atomic mass is 10.1. The van der Waals surface area contributed by atoms with Gasteiger partial charge in [0.2, 0.25) is 0 Å². The standard InChI is InChI=1S/C16H22N2O5/c1-10(2)14(15(20)18-16(17)21)23-13(19)7-8-22-12-6-4-5-11(3)9-12/h4-6,9-10,14H,7-8H2,1-3H3,(H3,17,18,20,21)/t14-/m0/s1. The zero-order valence-corrected chi connectivity index (χ0v) is 13.5. The first-order valence-corrected chi connectivity index (χ1v) is 7.29. The van der Waals surface area contributed by atoms with Crippen LogP contribution in [0.3, 0.4) is 0 Å². The van der Waals surface area contributed by atoms with Gasteiger partial charge >= 0.3 is 12.0 Å². The molecule has 0 radical (unpaired) electrons. The van der Waals surface area contributed by atoms with E-state index in [1.54, 1.807) is 19.9 Å². The van der Waals surface area contributed by atoms with Crippen LogP contribution in [0, 0.1) is 12.8 Å². The second-order valence-corrected chi connectivity index (χ2v) is 5.42. The zero-order chi connectivity index (χ0) is 17.4. The Hall–Kier alpha value is -2.57. The van der Waals surface area contributed by atoms with E-state index in [2.05, 4.69) is 0 Å². The van der Waals surface area contributed by atoms with Gasteiger partial charge in [-0.25, -0.2) is 4.79 Å². The summed E-state index contributed by atoms with van der Waals surface area (Å²) >= 11 is 0. The molecule has 0 fully saturated rings. The van der Waals surface area contributed by atoms with Crippen LogP contribution < -0.4 is 15.8 Å². The van der Waals surface area contributed by atoms with Crippen LogP contribution in [0.1, 0.15) is 25.8 Å². The summed E-state index contributed by atoms with van der Waals surface area (Å²) in [5.74, 6) is -0.961. The number of primary amides is 1. The molecule has 0 saturated heterocycles. The summed E-state index contributed by atoms with van der Waals surface area (Å²) in [6.07, 6.45) is -1.09. The number of nitrogens with one attached hydrogen (secondary N) is 1. The number of hydrogen-bond donors (Lipinski definition) is 2. The fourth-order valence-corrected chi connectivity index (χ4v) is 1.84. The summed E-state index contributed by atoms with van der Waals surface area (Å²) in [6, 6.07) is 6.44. The monoisotopic (exact) mass is 322 g/mol. The highest BCUT2D eigenvalue weighted by atomic mass is 16.6. The number of carbonyl (C=O) groups is 3. The predicted octanol–water partition coefficient (Wildman–Crippen LogP) is 1.53. The minimum atomic E-state index is -1.08. The van der Waals surface area contributed by atoms with Gasteiger partial charge in [0.25, 0.3) is 5.91 Å². The SMILES string of the molecule is Cc1cccc(OCCC(=O)O[C@H](C(=O)NC(N)=O)C(C)C)c1. The molecule has 1 rings (SSSR count). The largest absolute Gasteiger partial charge is 0.493 e. The van der Waals surface area contributed by atoms with Gasteiger partial charge in [0.15, 0.2) is 6.10 Å². The molecule has 23 heavy (non-hydrogen) atoms. The summed E-state index contributed by atoms with van der Waals surface area (Å²) in [5, 5.41) is 1.91. The Morgan fingerprint density at radius 3 is 2.52 bits per heavy atom. The van der Waals surface area contributed by atoms with Gasteiger partial charge in [-0.1, -0.05) is 26.0 Å².